The van der Waals surface area contributed by atoms with Crippen molar-refractivity contribution >= 4 is 14.6 Å². The Morgan fingerprint density at radius 1 is 0.739 bits per heavy atom. The number of ether oxygens (including phenoxy) is 1. The molecule has 1 unspecified atom stereocenters. The number of rotatable bonds is 21. The van der Waals surface area contributed by atoms with E-state index in [0.717, 1.165) is 35.3 Å². The van der Waals surface area contributed by atoms with Crippen LogP contribution in [0.25, 0.3) is 0 Å². The van der Waals surface area contributed by atoms with E-state index in [0.29, 0.717) is 19.8 Å². The molecule has 1 aromatic carbocycles. The molecule has 1 aromatic rings. The Morgan fingerprint density at radius 3 is 1.52 bits per heavy atom. The molecule has 0 amide bonds. The maximum Gasteiger partial charge on any atom is 0.397 e. The number of carbonyl (C=O) groups excluding carboxylic acids is 1. The average Bonchev–Trinajstić information content (AvgIpc) is 2.98. The number of esters is 1. The van der Waals surface area contributed by atoms with Gasteiger partial charge in [-0.25, -0.2) is 0 Å². The lowest BCUT2D eigenvalue weighted by Gasteiger charge is -2.36. The van der Waals surface area contributed by atoms with Crippen LogP contribution in [0.1, 0.15) is 195 Å². The summed E-state index contributed by atoms with van der Waals surface area (Å²) in [5, 5.41) is 0. The maximum atomic E-state index is 13.2. The second-order valence-corrected chi connectivity index (χ2v) is 17.8. The largest absolute Gasteiger partial charge is 0.465 e. The van der Waals surface area contributed by atoms with E-state index < -0.39 is 8.60 Å². The van der Waals surface area contributed by atoms with Crippen LogP contribution < -0.4 is 4.52 Å². The first-order valence-electron chi connectivity index (χ1n) is 18.7. The zero-order chi connectivity index (χ0) is 34.2. The summed E-state index contributed by atoms with van der Waals surface area (Å²) >= 11 is 0. The Bertz CT molecular complexity index is 961. The fraction of sp³-hybridized carbons (Fsp3) is 0.825. The van der Waals surface area contributed by atoms with Crippen molar-refractivity contribution in [1.29, 1.82) is 0 Å². The van der Waals surface area contributed by atoms with Crippen molar-refractivity contribution in [1.82, 2.24) is 0 Å². The van der Waals surface area contributed by atoms with Gasteiger partial charge in [-0.05, 0) is 29.7 Å². The predicted octanol–water partition coefficient (Wildman–Crippen LogP) is 12.9. The first kappa shape index (κ1) is 41.0. The highest BCUT2D eigenvalue weighted by molar-refractivity contribution is 7.42. The van der Waals surface area contributed by atoms with Crippen LogP contribution in [0.5, 0.6) is 5.75 Å². The third-order valence-corrected chi connectivity index (χ3v) is 10.1. The van der Waals surface area contributed by atoms with E-state index in [1.165, 1.54) is 89.9 Å². The van der Waals surface area contributed by atoms with Gasteiger partial charge in [0.05, 0.1) is 25.7 Å². The highest BCUT2D eigenvalue weighted by Crippen LogP contribution is 2.52. The highest BCUT2D eigenvalue weighted by Gasteiger charge is 2.36. The number of hydrogen-bond acceptors (Lipinski definition) is 5. The normalized spacial score (nSPS) is 16.4. The molecule has 6 heteroatoms. The third kappa shape index (κ3) is 15.4. The van der Waals surface area contributed by atoms with Crippen LogP contribution in [0.4, 0.5) is 0 Å². The van der Waals surface area contributed by atoms with Crippen molar-refractivity contribution in [2.24, 2.45) is 5.41 Å². The lowest BCUT2D eigenvalue weighted by atomic mass is 9.77. The first-order valence-corrected chi connectivity index (χ1v) is 19.8. The van der Waals surface area contributed by atoms with E-state index in [2.05, 4.69) is 74.4 Å². The van der Waals surface area contributed by atoms with Gasteiger partial charge in [0.15, 0.2) is 0 Å². The Hall–Kier alpha value is -1.16. The zero-order valence-electron chi connectivity index (χ0n) is 31.7. The molecule has 0 aliphatic carbocycles. The summed E-state index contributed by atoms with van der Waals surface area (Å²) < 4.78 is 24.4. The molecule has 0 bridgehead atoms. The quantitative estimate of drug-likeness (QED) is 0.0745. The van der Waals surface area contributed by atoms with E-state index in [1.807, 2.05) is 6.92 Å². The molecule has 0 aromatic heterocycles. The standard InChI is InChI=1S/C40H71O5P/c1-11-12-13-14-15-16-17-18-19-20-21-22-23-24-25-26-27-42-37(41)32(2)33-28-34(38(3,4)5)36(35(29-33)39(6,7)8)45-46-43-30-40(9,10)31-44-46/h28-29,32H,11-27,30-31H2,1-10H3. The predicted molar refractivity (Wildman–Crippen MR) is 196 cm³/mol. The van der Waals surface area contributed by atoms with Gasteiger partial charge in [-0.1, -0.05) is 171 Å². The Balaban J connectivity index is 1.79. The minimum absolute atomic E-state index is 0.0201. The molecule has 0 radical (unpaired) electrons. The molecule has 1 atom stereocenters. The summed E-state index contributed by atoms with van der Waals surface area (Å²) in [6.07, 6.45) is 21.3. The summed E-state index contributed by atoms with van der Waals surface area (Å²) in [5.41, 5.74) is 2.67. The van der Waals surface area contributed by atoms with Crippen molar-refractivity contribution in [2.45, 2.75) is 189 Å². The molecule has 0 N–H and O–H groups in total. The molecule has 266 valence electrons. The lowest BCUT2D eigenvalue weighted by Crippen LogP contribution is -2.29. The monoisotopic (exact) mass is 663 g/mol. The number of unbranched alkanes of at least 4 members (excludes halogenated alkanes) is 15. The van der Waals surface area contributed by atoms with Gasteiger partial charge >= 0.3 is 14.6 Å². The van der Waals surface area contributed by atoms with Crippen molar-refractivity contribution in [2.75, 3.05) is 19.8 Å². The number of benzene rings is 1. The summed E-state index contributed by atoms with van der Waals surface area (Å²) in [6.45, 7) is 23.3. The fourth-order valence-corrected chi connectivity index (χ4v) is 7.29. The van der Waals surface area contributed by atoms with Crippen LogP contribution in [-0.2, 0) is 29.4 Å². The van der Waals surface area contributed by atoms with Crippen LogP contribution in [0.2, 0.25) is 0 Å². The van der Waals surface area contributed by atoms with E-state index in [9.17, 15) is 4.79 Å². The van der Waals surface area contributed by atoms with Crippen molar-refractivity contribution in [3.63, 3.8) is 0 Å². The average molecular weight is 663 g/mol. The molecule has 1 fully saturated rings. The summed E-state index contributed by atoms with van der Waals surface area (Å²) in [5.74, 6) is 0.314. The van der Waals surface area contributed by atoms with Gasteiger partial charge < -0.3 is 18.3 Å². The third-order valence-electron chi connectivity index (χ3n) is 9.11. The van der Waals surface area contributed by atoms with Crippen molar-refractivity contribution < 1.29 is 23.1 Å². The molecule has 46 heavy (non-hydrogen) atoms. The minimum atomic E-state index is -1.49. The second kappa shape index (κ2) is 20.4. The number of carbonyl (C=O) groups is 1. The SMILES string of the molecule is CCCCCCCCCCCCCCCCCCOC(=O)C(C)c1cc(C(C)(C)C)c(OP2OCC(C)(C)CO2)c(C(C)(C)C)c1. The van der Waals surface area contributed by atoms with Crippen LogP contribution in [0.3, 0.4) is 0 Å². The van der Waals surface area contributed by atoms with Gasteiger partial charge in [-0.2, -0.15) is 0 Å². The topological polar surface area (TPSA) is 54.0 Å². The second-order valence-electron chi connectivity index (χ2n) is 16.7. The molecular formula is C40H71O5P. The van der Waals surface area contributed by atoms with Crippen molar-refractivity contribution in [3.05, 3.63) is 28.8 Å². The molecule has 2 rings (SSSR count). The van der Waals surface area contributed by atoms with E-state index in [-0.39, 0.29) is 28.1 Å². The van der Waals surface area contributed by atoms with E-state index >= 15 is 0 Å². The smallest absolute Gasteiger partial charge is 0.397 e. The summed E-state index contributed by atoms with van der Waals surface area (Å²) in [6, 6.07) is 4.27. The van der Waals surface area contributed by atoms with Gasteiger partial charge in [0.2, 0.25) is 0 Å². The van der Waals surface area contributed by atoms with Gasteiger partial charge in [-0.3, -0.25) is 4.79 Å². The van der Waals surface area contributed by atoms with Gasteiger partial charge in [-0.15, -0.1) is 0 Å². The Kier molecular flexibility index (Phi) is 18.2. The number of hydrogen-bond donors (Lipinski definition) is 0. The Labute approximate surface area is 285 Å². The molecule has 1 aliphatic rings. The highest BCUT2D eigenvalue weighted by atomic mass is 31.2. The fourth-order valence-electron chi connectivity index (χ4n) is 5.86. The van der Waals surface area contributed by atoms with Crippen LogP contribution in [0, 0.1) is 5.41 Å². The summed E-state index contributed by atoms with van der Waals surface area (Å²) in [7, 11) is -1.49. The van der Waals surface area contributed by atoms with Crippen LogP contribution in [-0.4, -0.2) is 25.8 Å². The van der Waals surface area contributed by atoms with E-state index in [1.54, 1.807) is 0 Å². The molecular weight excluding hydrogens is 591 g/mol. The maximum absolute atomic E-state index is 13.2. The summed E-state index contributed by atoms with van der Waals surface area (Å²) in [4.78, 5) is 13.2. The lowest BCUT2D eigenvalue weighted by molar-refractivity contribution is -0.145. The van der Waals surface area contributed by atoms with E-state index in [4.69, 9.17) is 18.3 Å². The molecule has 1 heterocycles. The zero-order valence-corrected chi connectivity index (χ0v) is 32.5. The molecule has 0 spiro atoms. The molecule has 0 saturated carbocycles. The molecule has 1 aliphatic heterocycles. The van der Waals surface area contributed by atoms with Crippen molar-refractivity contribution in [3.8, 4) is 5.75 Å². The molecule has 5 nitrogen and oxygen atoms in total. The van der Waals surface area contributed by atoms with Gasteiger partial charge in [0.25, 0.3) is 0 Å². The van der Waals surface area contributed by atoms with Crippen LogP contribution >= 0.6 is 8.60 Å². The first-order chi connectivity index (χ1) is 21.7. The minimum Gasteiger partial charge on any atom is -0.465 e. The van der Waals surface area contributed by atoms with Gasteiger partial charge in [0.1, 0.15) is 5.75 Å². The molecule has 1 saturated heterocycles. The van der Waals surface area contributed by atoms with Gasteiger partial charge in [0, 0.05) is 16.5 Å². The Morgan fingerprint density at radius 2 is 1.13 bits per heavy atom. The van der Waals surface area contributed by atoms with Crippen LogP contribution in [0.15, 0.2) is 12.1 Å².